The lowest BCUT2D eigenvalue weighted by molar-refractivity contribution is -0.150. The molecule has 0 saturated carbocycles. The molecule has 0 bridgehead atoms. The Morgan fingerprint density at radius 2 is 1.90 bits per heavy atom. The van der Waals surface area contributed by atoms with Gasteiger partial charge in [-0.2, -0.15) is 4.31 Å². The van der Waals surface area contributed by atoms with Crippen LogP contribution in [0.5, 0.6) is 5.75 Å². The SMILES string of the molecule is COc1ccccc1CNC(=O)CNC(=O)[C@@]1(C)CN(S(C)(=O)=O)CC(=O)N1C. The molecule has 0 unspecified atom stereocenters. The number of carbonyl (C=O) groups is 3. The van der Waals surface area contributed by atoms with E-state index in [4.69, 9.17) is 4.74 Å². The lowest BCUT2D eigenvalue weighted by Crippen LogP contribution is -2.68. The second-order valence-electron chi connectivity index (χ2n) is 7.03. The summed E-state index contributed by atoms with van der Waals surface area (Å²) in [6.45, 7) is 0.853. The van der Waals surface area contributed by atoms with Crippen LogP contribution in [0, 0.1) is 0 Å². The van der Waals surface area contributed by atoms with Crippen molar-refractivity contribution in [3.8, 4) is 5.75 Å². The van der Waals surface area contributed by atoms with Crippen LogP contribution in [0.4, 0.5) is 0 Å². The molecule has 1 aliphatic heterocycles. The van der Waals surface area contributed by atoms with E-state index in [1.807, 2.05) is 12.1 Å². The summed E-state index contributed by atoms with van der Waals surface area (Å²) < 4.78 is 29.8. The zero-order valence-electron chi connectivity index (χ0n) is 16.9. The van der Waals surface area contributed by atoms with E-state index in [2.05, 4.69) is 10.6 Å². The molecule has 0 aromatic heterocycles. The largest absolute Gasteiger partial charge is 0.496 e. The summed E-state index contributed by atoms with van der Waals surface area (Å²) in [6, 6.07) is 7.21. The van der Waals surface area contributed by atoms with Gasteiger partial charge in [-0.3, -0.25) is 14.4 Å². The third-order valence-corrected chi connectivity index (χ3v) is 6.14. The summed E-state index contributed by atoms with van der Waals surface area (Å²) in [4.78, 5) is 38.2. The molecule has 160 valence electrons. The number of amides is 3. The van der Waals surface area contributed by atoms with Gasteiger partial charge in [0.25, 0.3) is 0 Å². The van der Waals surface area contributed by atoms with E-state index in [0.29, 0.717) is 5.75 Å². The molecule has 1 atom stereocenters. The molecule has 1 fully saturated rings. The maximum absolute atomic E-state index is 12.7. The molecule has 1 heterocycles. The van der Waals surface area contributed by atoms with E-state index in [1.54, 1.807) is 12.1 Å². The second kappa shape index (κ2) is 8.78. The average molecular weight is 426 g/mol. The molecule has 1 aromatic rings. The molecule has 0 spiro atoms. The van der Waals surface area contributed by atoms with E-state index in [0.717, 1.165) is 16.1 Å². The fourth-order valence-electron chi connectivity index (χ4n) is 2.95. The third-order valence-electron chi connectivity index (χ3n) is 4.95. The molecular weight excluding hydrogens is 400 g/mol. The lowest BCUT2D eigenvalue weighted by Gasteiger charge is -2.44. The van der Waals surface area contributed by atoms with Crippen molar-refractivity contribution in [1.82, 2.24) is 19.8 Å². The normalized spacial score (nSPS) is 20.3. The summed E-state index contributed by atoms with van der Waals surface area (Å²) in [6.07, 6.45) is 0.981. The Hall–Kier alpha value is -2.66. The number of likely N-dealkylation sites (N-methyl/N-ethyl adjacent to an activating group) is 1. The summed E-state index contributed by atoms with van der Waals surface area (Å²) in [7, 11) is -0.684. The number of methoxy groups -OCH3 is 1. The van der Waals surface area contributed by atoms with Crippen LogP contribution < -0.4 is 15.4 Å². The summed E-state index contributed by atoms with van der Waals surface area (Å²) in [5, 5.41) is 5.16. The van der Waals surface area contributed by atoms with E-state index in [1.165, 1.54) is 26.0 Å². The van der Waals surface area contributed by atoms with E-state index >= 15 is 0 Å². The van der Waals surface area contributed by atoms with Crippen LogP contribution in [0.25, 0.3) is 0 Å². The first kappa shape index (κ1) is 22.6. The number of hydrogen-bond donors (Lipinski definition) is 2. The topological polar surface area (TPSA) is 125 Å². The van der Waals surface area contributed by atoms with Crippen LogP contribution in [0.3, 0.4) is 0 Å². The van der Waals surface area contributed by atoms with Gasteiger partial charge in [-0.25, -0.2) is 8.42 Å². The van der Waals surface area contributed by atoms with Crippen molar-refractivity contribution in [2.75, 3.05) is 40.0 Å². The molecule has 10 nitrogen and oxygen atoms in total. The summed E-state index contributed by atoms with van der Waals surface area (Å²) in [5.74, 6) is -0.917. The van der Waals surface area contributed by atoms with E-state index in [9.17, 15) is 22.8 Å². The first-order chi connectivity index (χ1) is 13.5. The van der Waals surface area contributed by atoms with Crippen LogP contribution in [0.2, 0.25) is 0 Å². The van der Waals surface area contributed by atoms with Crippen molar-refractivity contribution >= 4 is 27.7 Å². The molecule has 1 aliphatic rings. The monoisotopic (exact) mass is 426 g/mol. The number of carbonyl (C=O) groups excluding carboxylic acids is 3. The molecule has 2 rings (SSSR count). The predicted octanol–water partition coefficient (Wildman–Crippen LogP) is -1.08. The van der Waals surface area contributed by atoms with Crippen LogP contribution in [0.15, 0.2) is 24.3 Å². The highest BCUT2D eigenvalue weighted by atomic mass is 32.2. The Bertz CT molecular complexity index is 903. The highest BCUT2D eigenvalue weighted by Gasteiger charge is 2.47. The first-order valence-electron chi connectivity index (χ1n) is 8.87. The number of rotatable bonds is 7. The van der Waals surface area contributed by atoms with E-state index < -0.39 is 33.3 Å². The minimum Gasteiger partial charge on any atom is -0.496 e. The van der Waals surface area contributed by atoms with Crippen LogP contribution in [0.1, 0.15) is 12.5 Å². The number of benzene rings is 1. The molecule has 3 amide bonds. The Balaban J connectivity index is 1.97. The van der Waals surface area contributed by atoms with Crippen molar-refractivity contribution < 1.29 is 27.5 Å². The second-order valence-corrected chi connectivity index (χ2v) is 9.01. The predicted molar refractivity (Wildman–Crippen MR) is 105 cm³/mol. The van der Waals surface area contributed by atoms with Gasteiger partial charge in [0.2, 0.25) is 27.7 Å². The van der Waals surface area contributed by atoms with Gasteiger partial charge in [0, 0.05) is 25.7 Å². The quantitative estimate of drug-likeness (QED) is 0.571. The van der Waals surface area contributed by atoms with Crippen molar-refractivity contribution in [3.63, 3.8) is 0 Å². The Labute approximate surface area is 170 Å². The fraction of sp³-hybridized carbons (Fsp3) is 0.500. The smallest absolute Gasteiger partial charge is 0.247 e. The maximum atomic E-state index is 12.7. The minimum atomic E-state index is -3.65. The first-order valence-corrected chi connectivity index (χ1v) is 10.7. The number of hydrogen-bond acceptors (Lipinski definition) is 6. The van der Waals surface area contributed by atoms with Crippen LogP contribution >= 0.6 is 0 Å². The number of piperazine rings is 1. The standard InChI is InChI=1S/C18H26N4O6S/c1-18(12-22(29(4,26)27)11-16(24)21(18)2)17(25)20-10-15(23)19-9-13-7-5-6-8-14(13)28-3/h5-8H,9-12H2,1-4H3,(H,19,23)(H,20,25)/t18-/m1/s1. The fourth-order valence-corrected chi connectivity index (χ4v) is 3.78. The van der Waals surface area contributed by atoms with Gasteiger partial charge in [-0.05, 0) is 13.0 Å². The lowest BCUT2D eigenvalue weighted by atomic mass is 9.96. The third kappa shape index (κ3) is 5.24. The van der Waals surface area contributed by atoms with Gasteiger partial charge in [0.05, 0.1) is 26.5 Å². The van der Waals surface area contributed by atoms with Crippen LogP contribution in [-0.4, -0.2) is 80.9 Å². The van der Waals surface area contributed by atoms with Crippen molar-refractivity contribution in [3.05, 3.63) is 29.8 Å². The molecule has 11 heteroatoms. The number of ether oxygens (including phenoxy) is 1. The molecule has 1 saturated heterocycles. The van der Waals surface area contributed by atoms with Gasteiger partial charge in [-0.15, -0.1) is 0 Å². The Morgan fingerprint density at radius 3 is 2.52 bits per heavy atom. The van der Waals surface area contributed by atoms with Gasteiger partial charge in [0.1, 0.15) is 11.3 Å². The molecular formula is C18H26N4O6S. The van der Waals surface area contributed by atoms with Crippen molar-refractivity contribution in [1.29, 1.82) is 0 Å². The Kier molecular flexibility index (Phi) is 6.85. The molecule has 1 aromatic carbocycles. The number of sulfonamides is 1. The zero-order chi connectivity index (χ0) is 21.8. The van der Waals surface area contributed by atoms with Gasteiger partial charge in [-0.1, -0.05) is 18.2 Å². The maximum Gasteiger partial charge on any atom is 0.247 e. The van der Waals surface area contributed by atoms with Gasteiger partial charge < -0.3 is 20.3 Å². The average Bonchev–Trinajstić information content (AvgIpc) is 2.67. The van der Waals surface area contributed by atoms with Gasteiger partial charge in [0.15, 0.2) is 0 Å². The van der Waals surface area contributed by atoms with E-state index in [-0.39, 0.29) is 26.2 Å². The molecule has 2 N–H and O–H groups in total. The molecule has 0 aliphatic carbocycles. The summed E-state index contributed by atoms with van der Waals surface area (Å²) in [5.41, 5.74) is -0.649. The van der Waals surface area contributed by atoms with Crippen molar-refractivity contribution in [2.24, 2.45) is 0 Å². The Morgan fingerprint density at radius 1 is 1.24 bits per heavy atom. The highest BCUT2D eigenvalue weighted by Crippen LogP contribution is 2.23. The van der Waals surface area contributed by atoms with Gasteiger partial charge >= 0.3 is 0 Å². The zero-order valence-corrected chi connectivity index (χ0v) is 17.7. The summed E-state index contributed by atoms with van der Waals surface area (Å²) >= 11 is 0. The molecule has 0 radical (unpaired) electrons. The van der Waals surface area contributed by atoms with Crippen molar-refractivity contribution in [2.45, 2.75) is 19.0 Å². The number of nitrogens with one attached hydrogen (secondary N) is 2. The minimum absolute atomic E-state index is 0.192. The molecule has 29 heavy (non-hydrogen) atoms. The number of nitrogens with zero attached hydrogens (tertiary/aromatic N) is 2. The van der Waals surface area contributed by atoms with Crippen LogP contribution in [-0.2, 0) is 31.0 Å². The highest BCUT2D eigenvalue weighted by molar-refractivity contribution is 7.88. The number of para-hydroxylation sites is 1.